The minimum atomic E-state index is -0.101. The molecule has 2 fully saturated rings. The summed E-state index contributed by atoms with van der Waals surface area (Å²) in [5.41, 5.74) is 4.54. The van der Waals surface area contributed by atoms with Gasteiger partial charge in [-0.25, -0.2) is 0 Å². The summed E-state index contributed by atoms with van der Waals surface area (Å²) in [6.07, 6.45) is 11.5. The van der Waals surface area contributed by atoms with Gasteiger partial charge in [-0.05, 0) is 123 Å². The third kappa shape index (κ3) is 3.42. The molecule has 0 spiro atoms. The quantitative estimate of drug-likeness (QED) is 0.644. The highest BCUT2D eigenvalue weighted by atomic mass is 16.3. The lowest BCUT2D eigenvalue weighted by Crippen LogP contribution is -2.44. The minimum Gasteiger partial charge on any atom is -0.508 e. The van der Waals surface area contributed by atoms with Crippen LogP contribution in [0.25, 0.3) is 0 Å². The van der Waals surface area contributed by atoms with Gasteiger partial charge in [-0.3, -0.25) is 0 Å². The van der Waals surface area contributed by atoms with Gasteiger partial charge in [-0.1, -0.05) is 13.3 Å². The Bertz CT molecular complexity index is 673. The molecule has 0 saturated heterocycles. The molecule has 0 heterocycles. The van der Waals surface area contributed by atoms with Crippen LogP contribution in [0.2, 0.25) is 0 Å². The van der Waals surface area contributed by atoms with Crippen molar-refractivity contribution < 1.29 is 10.2 Å². The number of rotatable bonds is 6. The second kappa shape index (κ2) is 7.75. The fraction of sp³-hybridized carbons (Fsp3) is 0.750. The molecule has 0 amide bonds. The predicted octanol–water partition coefficient (Wildman–Crippen LogP) is 4.54. The zero-order valence-electron chi connectivity index (χ0n) is 17.1. The topological polar surface area (TPSA) is 52.5 Å². The Balaban J connectivity index is 1.57. The first-order chi connectivity index (χ1) is 13.0. The number of phenolic OH excluding ortho intramolecular Hbond substituents is 1. The van der Waals surface area contributed by atoms with Gasteiger partial charge < -0.3 is 15.5 Å². The summed E-state index contributed by atoms with van der Waals surface area (Å²) in [7, 11) is 2.02. The fourth-order valence-corrected chi connectivity index (χ4v) is 6.79. The maximum atomic E-state index is 10.6. The van der Waals surface area contributed by atoms with E-state index in [4.69, 9.17) is 0 Å². The molecule has 150 valence electrons. The van der Waals surface area contributed by atoms with Gasteiger partial charge >= 0.3 is 0 Å². The molecule has 5 atom stereocenters. The average molecular weight is 372 g/mol. The van der Waals surface area contributed by atoms with Crippen LogP contribution in [0, 0.1) is 17.3 Å². The molecule has 0 radical (unpaired) electrons. The van der Waals surface area contributed by atoms with Crippen molar-refractivity contribution in [1.82, 2.24) is 5.32 Å². The number of hydrogen-bond donors (Lipinski definition) is 3. The molecule has 0 bridgehead atoms. The van der Waals surface area contributed by atoms with Crippen LogP contribution >= 0.6 is 0 Å². The molecule has 3 aliphatic carbocycles. The normalized spacial score (nSPS) is 34.8. The van der Waals surface area contributed by atoms with E-state index in [0.717, 1.165) is 38.1 Å². The Hall–Kier alpha value is -1.06. The lowest BCUT2D eigenvalue weighted by atomic mass is 9.55. The molecule has 0 unspecified atom stereocenters. The van der Waals surface area contributed by atoms with Crippen molar-refractivity contribution >= 4 is 0 Å². The van der Waals surface area contributed by atoms with Crippen LogP contribution in [-0.2, 0) is 12.8 Å². The molecule has 3 aliphatic rings. The number of aromatic hydroxyl groups is 1. The maximum absolute atomic E-state index is 10.6. The van der Waals surface area contributed by atoms with Gasteiger partial charge in [0.1, 0.15) is 5.75 Å². The molecule has 1 aromatic rings. The van der Waals surface area contributed by atoms with Gasteiger partial charge in [0, 0.05) is 0 Å². The molecule has 4 rings (SSSR count). The Kier molecular flexibility index (Phi) is 5.53. The minimum absolute atomic E-state index is 0.101. The van der Waals surface area contributed by atoms with Gasteiger partial charge in [-0.2, -0.15) is 0 Å². The van der Waals surface area contributed by atoms with Gasteiger partial charge in [0.2, 0.25) is 0 Å². The third-order valence-electron chi connectivity index (χ3n) is 8.21. The summed E-state index contributed by atoms with van der Waals surface area (Å²) in [4.78, 5) is 0. The monoisotopic (exact) mass is 371 g/mol. The summed E-state index contributed by atoms with van der Waals surface area (Å²) in [5, 5.41) is 24.1. The highest BCUT2D eigenvalue weighted by molar-refractivity contribution is 5.46. The molecule has 3 heteroatoms. The summed E-state index contributed by atoms with van der Waals surface area (Å²) in [6.45, 7) is 3.44. The van der Waals surface area contributed by atoms with E-state index in [2.05, 4.69) is 18.3 Å². The van der Waals surface area contributed by atoms with Crippen molar-refractivity contribution in [3.8, 4) is 5.75 Å². The van der Waals surface area contributed by atoms with Gasteiger partial charge in [0.25, 0.3) is 0 Å². The first kappa shape index (κ1) is 19.3. The zero-order chi connectivity index (χ0) is 19.0. The first-order valence-electron chi connectivity index (χ1n) is 11.2. The number of aryl methyl sites for hydroxylation is 2. The molecular formula is C24H37NO2. The zero-order valence-corrected chi connectivity index (χ0v) is 17.1. The molecule has 1 aromatic carbocycles. The molecular weight excluding hydrogens is 334 g/mol. The van der Waals surface area contributed by atoms with Crippen molar-refractivity contribution in [2.45, 2.75) is 83.2 Å². The van der Waals surface area contributed by atoms with Crippen molar-refractivity contribution in [3.05, 3.63) is 28.8 Å². The van der Waals surface area contributed by atoms with Crippen LogP contribution in [0.15, 0.2) is 12.1 Å². The number of benzene rings is 1. The second-order valence-corrected chi connectivity index (χ2v) is 9.65. The Labute approximate surface area is 164 Å². The number of phenols is 1. The fourth-order valence-electron chi connectivity index (χ4n) is 6.79. The second-order valence-electron chi connectivity index (χ2n) is 9.65. The van der Waals surface area contributed by atoms with Crippen LogP contribution in [0.4, 0.5) is 0 Å². The number of aliphatic hydroxyl groups excluding tert-OH is 1. The van der Waals surface area contributed by atoms with Crippen molar-refractivity contribution in [3.63, 3.8) is 0 Å². The van der Waals surface area contributed by atoms with Gasteiger partial charge in [-0.15, -0.1) is 0 Å². The number of unbranched alkanes of at least 4 members (excludes halogenated alkanes) is 2. The van der Waals surface area contributed by atoms with E-state index < -0.39 is 0 Å². The Morgan fingerprint density at radius 3 is 2.78 bits per heavy atom. The van der Waals surface area contributed by atoms with E-state index in [-0.39, 0.29) is 11.5 Å². The molecule has 0 aromatic heterocycles. The lowest BCUT2D eigenvalue weighted by Gasteiger charge is -2.50. The maximum Gasteiger partial charge on any atom is 0.116 e. The van der Waals surface area contributed by atoms with Crippen molar-refractivity contribution in [2.24, 2.45) is 17.3 Å². The Morgan fingerprint density at radius 1 is 1.11 bits per heavy atom. The summed E-state index contributed by atoms with van der Waals surface area (Å²) in [5.74, 6) is 2.50. The molecule has 27 heavy (non-hydrogen) atoms. The van der Waals surface area contributed by atoms with E-state index in [1.807, 2.05) is 13.1 Å². The summed E-state index contributed by atoms with van der Waals surface area (Å²) in [6, 6.07) is 4.09. The lowest BCUT2D eigenvalue weighted by molar-refractivity contribution is -0.0227. The van der Waals surface area contributed by atoms with E-state index in [9.17, 15) is 10.2 Å². The Morgan fingerprint density at radius 2 is 1.96 bits per heavy atom. The molecule has 3 nitrogen and oxygen atoms in total. The van der Waals surface area contributed by atoms with E-state index in [1.165, 1.54) is 49.7 Å². The number of nitrogens with one attached hydrogen (secondary N) is 1. The van der Waals surface area contributed by atoms with Crippen LogP contribution in [0.5, 0.6) is 5.75 Å². The average Bonchev–Trinajstić information content (AvgIpc) is 2.96. The highest BCUT2D eigenvalue weighted by Gasteiger charge is 2.54. The molecule has 0 aliphatic heterocycles. The van der Waals surface area contributed by atoms with Gasteiger partial charge in [0.15, 0.2) is 0 Å². The van der Waals surface area contributed by atoms with Crippen LogP contribution in [0.3, 0.4) is 0 Å². The van der Waals surface area contributed by atoms with Crippen molar-refractivity contribution in [2.75, 3.05) is 13.6 Å². The highest BCUT2D eigenvalue weighted by Crippen LogP contribution is 2.61. The van der Waals surface area contributed by atoms with Crippen LogP contribution in [0.1, 0.15) is 80.9 Å². The van der Waals surface area contributed by atoms with E-state index in [0.29, 0.717) is 17.6 Å². The first-order valence-corrected chi connectivity index (χ1v) is 11.2. The predicted molar refractivity (Wildman–Crippen MR) is 110 cm³/mol. The van der Waals surface area contributed by atoms with Gasteiger partial charge in [0.05, 0.1) is 6.10 Å². The van der Waals surface area contributed by atoms with Crippen LogP contribution < -0.4 is 5.32 Å². The number of hydrogen-bond acceptors (Lipinski definition) is 3. The third-order valence-corrected chi connectivity index (χ3v) is 8.21. The molecule has 2 saturated carbocycles. The van der Waals surface area contributed by atoms with E-state index in [1.54, 1.807) is 5.56 Å². The molecule has 3 N–H and O–H groups in total. The van der Waals surface area contributed by atoms with Crippen molar-refractivity contribution in [1.29, 1.82) is 0 Å². The smallest absolute Gasteiger partial charge is 0.116 e. The van der Waals surface area contributed by atoms with Crippen LogP contribution in [-0.4, -0.2) is 29.9 Å². The standard InChI is InChI=1S/C24H37NO2/c1-24-12-11-20-19(21(24)9-10-22(24)27)8-7-17-15-18(26)14-16(23(17)20)6-4-3-5-13-25-2/h14-15,19-22,25-27H,3-13H2,1-2H3/t19-,20+,21+,22+,24+/m1/s1. The van der Waals surface area contributed by atoms with E-state index >= 15 is 0 Å². The SMILES string of the molecule is CNCCCCCc1cc(O)cc2c1[C@H]1CC[C@]3(C)[C@@H](O)CC[C@H]3[C@@H]1CC2. The summed E-state index contributed by atoms with van der Waals surface area (Å²) < 4.78 is 0. The summed E-state index contributed by atoms with van der Waals surface area (Å²) >= 11 is 0. The largest absolute Gasteiger partial charge is 0.508 e. The number of aliphatic hydroxyl groups is 1. The number of fused-ring (bicyclic) bond motifs is 5.